The Hall–Kier alpha value is -3.33. The van der Waals surface area contributed by atoms with Crippen molar-refractivity contribution in [2.24, 2.45) is 5.92 Å². The van der Waals surface area contributed by atoms with E-state index in [4.69, 9.17) is 0 Å². The van der Waals surface area contributed by atoms with Crippen LogP contribution in [0, 0.1) is 5.92 Å². The molecule has 176 valence electrons. The number of nitrogens with one attached hydrogen (secondary N) is 2. The highest BCUT2D eigenvalue weighted by molar-refractivity contribution is 5.94. The van der Waals surface area contributed by atoms with E-state index in [0.717, 1.165) is 73.4 Å². The van der Waals surface area contributed by atoms with Crippen molar-refractivity contribution in [3.05, 3.63) is 58.1 Å². The second kappa shape index (κ2) is 8.47. The van der Waals surface area contributed by atoms with Gasteiger partial charge < -0.3 is 15.2 Å². The Bertz CT molecular complexity index is 1280. The number of rotatable bonds is 6. The van der Waals surface area contributed by atoms with Crippen molar-refractivity contribution >= 4 is 28.4 Å². The first kappa shape index (κ1) is 21.2. The van der Waals surface area contributed by atoms with E-state index in [9.17, 15) is 14.0 Å². The molecular weight excluding hydrogens is 435 g/mol. The van der Waals surface area contributed by atoms with E-state index in [1.165, 1.54) is 0 Å². The van der Waals surface area contributed by atoms with Crippen LogP contribution in [0.3, 0.4) is 0 Å². The summed E-state index contributed by atoms with van der Waals surface area (Å²) >= 11 is 0. The molecule has 3 aromatic heterocycles. The van der Waals surface area contributed by atoms with Gasteiger partial charge in [0.25, 0.3) is 5.56 Å². The third kappa shape index (κ3) is 4.40. The Morgan fingerprint density at radius 3 is 2.59 bits per heavy atom. The van der Waals surface area contributed by atoms with Gasteiger partial charge in [-0.25, -0.2) is 9.37 Å². The molecule has 2 aliphatic carbocycles. The molecular formula is C25H27FN6O2. The highest BCUT2D eigenvalue weighted by atomic mass is 19.1. The summed E-state index contributed by atoms with van der Waals surface area (Å²) in [5.41, 5.74) is 4.62. The van der Waals surface area contributed by atoms with Gasteiger partial charge in [-0.15, -0.1) is 0 Å². The first-order valence-corrected chi connectivity index (χ1v) is 11.9. The SMILES string of the molecule is O=C(Nc1ccc(N2CCN(Cc3cnc4cc(C5CC5)c(=O)[nH]c4c3)CC2)cn1)[C@H]1C[C@@H]1F. The Labute approximate surface area is 196 Å². The van der Waals surface area contributed by atoms with Crippen LogP contribution in [0.4, 0.5) is 15.9 Å². The first-order chi connectivity index (χ1) is 16.5. The van der Waals surface area contributed by atoms with E-state index in [1.807, 2.05) is 24.4 Å². The van der Waals surface area contributed by atoms with E-state index >= 15 is 0 Å². The predicted octanol–water partition coefficient (Wildman–Crippen LogP) is 2.81. The van der Waals surface area contributed by atoms with Gasteiger partial charge in [-0.2, -0.15) is 0 Å². The van der Waals surface area contributed by atoms with Crippen LogP contribution in [0.5, 0.6) is 0 Å². The summed E-state index contributed by atoms with van der Waals surface area (Å²) in [7, 11) is 0. The zero-order valence-electron chi connectivity index (χ0n) is 18.8. The van der Waals surface area contributed by atoms with Crippen molar-refractivity contribution in [1.29, 1.82) is 0 Å². The lowest BCUT2D eigenvalue weighted by atomic mass is 10.1. The number of hydrogen-bond donors (Lipinski definition) is 2. The summed E-state index contributed by atoms with van der Waals surface area (Å²) in [6.07, 6.45) is 5.15. The van der Waals surface area contributed by atoms with Gasteiger partial charge in [-0.3, -0.25) is 19.5 Å². The van der Waals surface area contributed by atoms with Crippen LogP contribution >= 0.6 is 0 Å². The minimum absolute atomic E-state index is 0.0147. The maximum absolute atomic E-state index is 13.0. The lowest BCUT2D eigenvalue weighted by molar-refractivity contribution is -0.117. The molecule has 0 bridgehead atoms. The number of alkyl halides is 1. The molecule has 0 radical (unpaired) electrons. The molecule has 0 aromatic carbocycles. The van der Waals surface area contributed by atoms with Crippen molar-refractivity contribution in [1.82, 2.24) is 19.9 Å². The molecule has 3 aromatic rings. The van der Waals surface area contributed by atoms with Crippen molar-refractivity contribution in [3.63, 3.8) is 0 Å². The Morgan fingerprint density at radius 2 is 1.91 bits per heavy atom. The number of fused-ring (bicyclic) bond motifs is 1. The number of pyridine rings is 3. The third-order valence-corrected chi connectivity index (χ3v) is 6.99. The zero-order valence-corrected chi connectivity index (χ0v) is 18.8. The largest absolute Gasteiger partial charge is 0.368 e. The average Bonchev–Trinajstić information content (AvgIpc) is 3.77. The Balaban J connectivity index is 1.05. The van der Waals surface area contributed by atoms with E-state index < -0.39 is 12.1 Å². The lowest BCUT2D eigenvalue weighted by Crippen LogP contribution is -2.46. The smallest absolute Gasteiger partial charge is 0.252 e. The number of piperazine rings is 1. The average molecular weight is 463 g/mol. The maximum atomic E-state index is 13.0. The summed E-state index contributed by atoms with van der Waals surface area (Å²) in [6.45, 7) is 4.30. The monoisotopic (exact) mass is 462 g/mol. The van der Waals surface area contributed by atoms with Gasteiger partial charge in [-0.1, -0.05) is 0 Å². The molecule has 34 heavy (non-hydrogen) atoms. The fraction of sp³-hybridized carbons (Fsp3) is 0.440. The van der Waals surface area contributed by atoms with Crippen molar-refractivity contribution in [3.8, 4) is 0 Å². The number of halogens is 1. The molecule has 2 saturated carbocycles. The summed E-state index contributed by atoms with van der Waals surface area (Å²) in [6, 6.07) is 7.70. The topological polar surface area (TPSA) is 94.2 Å². The molecule has 4 heterocycles. The van der Waals surface area contributed by atoms with Crippen LogP contribution in [0.15, 0.2) is 41.5 Å². The third-order valence-electron chi connectivity index (χ3n) is 6.99. The second-order valence-electron chi connectivity index (χ2n) is 9.62. The molecule has 6 rings (SSSR count). The Kier molecular flexibility index (Phi) is 5.28. The minimum atomic E-state index is -1.01. The van der Waals surface area contributed by atoms with E-state index in [0.29, 0.717) is 18.2 Å². The van der Waals surface area contributed by atoms with Gasteiger partial charge in [0, 0.05) is 44.5 Å². The van der Waals surface area contributed by atoms with E-state index in [1.54, 1.807) is 12.3 Å². The van der Waals surface area contributed by atoms with Gasteiger partial charge in [0.2, 0.25) is 5.91 Å². The fourth-order valence-electron chi connectivity index (χ4n) is 4.65. The summed E-state index contributed by atoms with van der Waals surface area (Å²) in [5, 5.41) is 2.68. The van der Waals surface area contributed by atoms with Crippen molar-refractivity contribution in [2.45, 2.75) is 37.9 Å². The number of amides is 1. The summed E-state index contributed by atoms with van der Waals surface area (Å²) < 4.78 is 13.0. The zero-order chi connectivity index (χ0) is 23.2. The van der Waals surface area contributed by atoms with Crippen LogP contribution in [0.25, 0.3) is 11.0 Å². The molecule has 3 aliphatic rings. The fourth-order valence-corrected chi connectivity index (χ4v) is 4.65. The molecule has 3 fully saturated rings. The van der Waals surface area contributed by atoms with E-state index in [-0.39, 0.29) is 11.5 Å². The maximum Gasteiger partial charge on any atom is 0.252 e. The first-order valence-electron chi connectivity index (χ1n) is 11.9. The van der Waals surface area contributed by atoms with Crippen LogP contribution in [-0.4, -0.2) is 58.1 Å². The summed E-state index contributed by atoms with van der Waals surface area (Å²) in [5.74, 6) is 0.0466. The predicted molar refractivity (Wildman–Crippen MR) is 128 cm³/mol. The van der Waals surface area contributed by atoms with Crippen LogP contribution < -0.4 is 15.8 Å². The van der Waals surface area contributed by atoms with E-state index in [2.05, 4.69) is 30.1 Å². The number of aromatic nitrogens is 3. The van der Waals surface area contributed by atoms with Gasteiger partial charge in [-0.05, 0) is 55.0 Å². The standard InChI is InChI=1S/C25H27FN6O2/c26-20-10-19(20)25(34)30-23-4-3-17(13-28-23)32-7-5-31(6-8-32)14-15-9-22-21(27-12-15)11-18(16-1-2-16)24(33)29-22/h3-4,9,11-13,16,19-20H,1-2,5-8,10,14H2,(H,29,33)(H,28,30,34)/t19-,20-/m0/s1. The summed E-state index contributed by atoms with van der Waals surface area (Å²) in [4.78, 5) is 40.8. The van der Waals surface area contributed by atoms with Crippen LogP contribution in [0.1, 0.15) is 36.3 Å². The highest BCUT2D eigenvalue weighted by Gasteiger charge is 2.43. The highest BCUT2D eigenvalue weighted by Crippen LogP contribution is 2.38. The van der Waals surface area contributed by atoms with Gasteiger partial charge in [0.05, 0.1) is 28.8 Å². The van der Waals surface area contributed by atoms with Crippen molar-refractivity contribution < 1.29 is 9.18 Å². The number of carbonyl (C=O) groups excluding carboxylic acids is 1. The molecule has 0 unspecified atom stereocenters. The molecule has 8 nitrogen and oxygen atoms in total. The van der Waals surface area contributed by atoms with Crippen LogP contribution in [0.2, 0.25) is 0 Å². The number of H-pyrrole nitrogens is 1. The quantitative estimate of drug-likeness (QED) is 0.585. The molecule has 1 saturated heterocycles. The lowest BCUT2D eigenvalue weighted by Gasteiger charge is -2.36. The van der Waals surface area contributed by atoms with Gasteiger partial charge in [0.15, 0.2) is 0 Å². The van der Waals surface area contributed by atoms with Gasteiger partial charge >= 0.3 is 0 Å². The second-order valence-corrected chi connectivity index (χ2v) is 9.62. The molecule has 9 heteroatoms. The van der Waals surface area contributed by atoms with Gasteiger partial charge in [0.1, 0.15) is 12.0 Å². The minimum Gasteiger partial charge on any atom is -0.368 e. The normalized spacial score (nSPS) is 22.7. The number of nitrogens with zero attached hydrogens (tertiary/aromatic N) is 4. The van der Waals surface area contributed by atoms with Crippen molar-refractivity contribution in [2.75, 3.05) is 36.4 Å². The van der Waals surface area contributed by atoms with Crippen LogP contribution in [-0.2, 0) is 11.3 Å². The number of aromatic amines is 1. The molecule has 2 atom stereocenters. The molecule has 2 N–H and O–H groups in total. The molecule has 1 amide bonds. The Morgan fingerprint density at radius 1 is 1.12 bits per heavy atom. The molecule has 1 aliphatic heterocycles. The molecule has 0 spiro atoms. The number of hydrogen-bond acceptors (Lipinski definition) is 6. The number of anilines is 2. The number of carbonyl (C=O) groups is 1.